The highest BCUT2D eigenvalue weighted by Crippen LogP contribution is 2.33. The molecule has 19 heavy (non-hydrogen) atoms. The summed E-state index contributed by atoms with van der Waals surface area (Å²) in [7, 11) is 1.98. The molecule has 2 N–H and O–H groups in total. The molecule has 0 aromatic heterocycles. The summed E-state index contributed by atoms with van der Waals surface area (Å²) < 4.78 is 0. The van der Waals surface area contributed by atoms with Crippen molar-refractivity contribution >= 4 is 5.91 Å². The fraction of sp³-hybridized carbons (Fsp3) is 0.938. The third-order valence-electron chi connectivity index (χ3n) is 5.15. The fourth-order valence-electron chi connectivity index (χ4n) is 3.95. The van der Waals surface area contributed by atoms with E-state index < -0.39 is 5.54 Å². The lowest BCUT2D eigenvalue weighted by Crippen LogP contribution is -2.58. The van der Waals surface area contributed by atoms with Gasteiger partial charge in [0.15, 0.2) is 0 Å². The van der Waals surface area contributed by atoms with Crippen LogP contribution in [0.1, 0.15) is 71.1 Å². The van der Waals surface area contributed by atoms with Gasteiger partial charge in [-0.3, -0.25) is 4.79 Å². The zero-order chi connectivity index (χ0) is 13.9. The zero-order valence-electron chi connectivity index (χ0n) is 12.7. The predicted molar refractivity (Wildman–Crippen MR) is 78.8 cm³/mol. The molecular formula is C16H30N2O. The monoisotopic (exact) mass is 266 g/mol. The molecule has 0 bridgehead atoms. The standard InChI is InChI=1S/C16H30N2O/c1-13-8-7-11-16(17,12-13)15(19)18(2)14-9-5-3-4-6-10-14/h13-14H,3-12,17H2,1-2H3. The van der Waals surface area contributed by atoms with Crippen LogP contribution in [0.2, 0.25) is 0 Å². The van der Waals surface area contributed by atoms with Crippen molar-refractivity contribution in [1.29, 1.82) is 0 Å². The number of hydrogen-bond acceptors (Lipinski definition) is 2. The molecule has 2 aliphatic carbocycles. The Hall–Kier alpha value is -0.570. The molecule has 0 aliphatic heterocycles. The van der Waals surface area contributed by atoms with Gasteiger partial charge in [-0.15, -0.1) is 0 Å². The average Bonchev–Trinajstić information content (AvgIpc) is 2.65. The Morgan fingerprint density at radius 1 is 1.11 bits per heavy atom. The molecule has 110 valence electrons. The molecule has 0 heterocycles. The average molecular weight is 266 g/mol. The van der Waals surface area contributed by atoms with Crippen molar-refractivity contribution in [2.24, 2.45) is 11.7 Å². The van der Waals surface area contributed by atoms with Gasteiger partial charge in [-0.2, -0.15) is 0 Å². The van der Waals surface area contributed by atoms with E-state index in [1.54, 1.807) is 0 Å². The van der Waals surface area contributed by atoms with Gasteiger partial charge in [0.05, 0.1) is 5.54 Å². The number of amides is 1. The Morgan fingerprint density at radius 3 is 2.32 bits per heavy atom. The SMILES string of the molecule is CC1CCCC(N)(C(=O)N(C)C2CCCCCC2)C1. The van der Waals surface area contributed by atoms with Crippen molar-refractivity contribution < 1.29 is 4.79 Å². The van der Waals surface area contributed by atoms with Gasteiger partial charge < -0.3 is 10.6 Å². The molecule has 1 amide bonds. The van der Waals surface area contributed by atoms with Gasteiger partial charge in [0.2, 0.25) is 5.91 Å². The van der Waals surface area contributed by atoms with Crippen molar-refractivity contribution in [1.82, 2.24) is 4.90 Å². The van der Waals surface area contributed by atoms with Crippen LogP contribution in [0.4, 0.5) is 0 Å². The third kappa shape index (κ3) is 3.50. The molecule has 2 rings (SSSR count). The van der Waals surface area contributed by atoms with E-state index in [-0.39, 0.29) is 5.91 Å². The van der Waals surface area contributed by atoms with Crippen molar-refractivity contribution in [3.05, 3.63) is 0 Å². The number of carbonyl (C=O) groups excluding carboxylic acids is 1. The Balaban J connectivity index is 2.00. The fourth-order valence-corrected chi connectivity index (χ4v) is 3.95. The van der Waals surface area contributed by atoms with Gasteiger partial charge in [0.25, 0.3) is 0 Å². The van der Waals surface area contributed by atoms with Crippen LogP contribution in [0, 0.1) is 5.92 Å². The van der Waals surface area contributed by atoms with Crippen LogP contribution in [0.25, 0.3) is 0 Å². The smallest absolute Gasteiger partial charge is 0.242 e. The number of rotatable bonds is 2. The van der Waals surface area contributed by atoms with E-state index in [2.05, 4.69) is 6.92 Å². The second kappa shape index (κ2) is 6.25. The molecule has 2 aliphatic rings. The second-order valence-electron chi connectivity index (χ2n) is 6.92. The summed E-state index contributed by atoms with van der Waals surface area (Å²) in [4.78, 5) is 14.8. The van der Waals surface area contributed by atoms with Crippen LogP contribution < -0.4 is 5.73 Å². The van der Waals surface area contributed by atoms with Crippen LogP contribution in [0.5, 0.6) is 0 Å². The first-order chi connectivity index (χ1) is 9.03. The Kier molecular flexibility index (Phi) is 4.88. The molecule has 0 saturated heterocycles. The first-order valence-electron chi connectivity index (χ1n) is 8.09. The first-order valence-corrected chi connectivity index (χ1v) is 8.09. The van der Waals surface area contributed by atoms with Gasteiger partial charge in [0, 0.05) is 13.1 Å². The van der Waals surface area contributed by atoms with Crippen molar-refractivity contribution in [3.63, 3.8) is 0 Å². The van der Waals surface area contributed by atoms with Crippen LogP contribution in [-0.2, 0) is 4.79 Å². The predicted octanol–water partition coefficient (Wildman–Crippen LogP) is 3.08. The zero-order valence-corrected chi connectivity index (χ0v) is 12.7. The highest BCUT2D eigenvalue weighted by atomic mass is 16.2. The lowest BCUT2D eigenvalue weighted by molar-refractivity contribution is -0.139. The molecule has 0 aromatic carbocycles. The molecule has 0 aromatic rings. The third-order valence-corrected chi connectivity index (χ3v) is 5.15. The summed E-state index contributed by atoms with van der Waals surface area (Å²) in [5, 5.41) is 0. The van der Waals surface area contributed by atoms with E-state index in [4.69, 9.17) is 5.73 Å². The maximum atomic E-state index is 12.8. The normalized spacial score (nSPS) is 33.7. The van der Waals surface area contributed by atoms with E-state index in [1.165, 1.54) is 32.1 Å². The summed E-state index contributed by atoms with van der Waals surface area (Å²) in [6.07, 6.45) is 11.5. The molecule has 2 atom stereocenters. The number of nitrogens with zero attached hydrogens (tertiary/aromatic N) is 1. The molecular weight excluding hydrogens is 236 g/mol. The lowest BCUT2D eigenvalue weighted by Gasteiger charge is -2.40. The minimum absolute atomic E-state index is 0.200. The number of carbonyl (C=O) groups is 1. The largest absolute Gasteiger partial charge is 0.341 e. The van der Waals surface area contributed by atoms with E-state index >= 15 is 0 Å². The second-order valence-corrected chi connectivity index (χ2v) is 6.92. The summed E-state index contributed by atoms with van der Waals surface area (Å²) in [5.41, 5.74) is 5.86. The Morgan fingerprint density at radius 2 is 1.74 bits per heavy atom. The summed E-state index contributed by atoms with van der Waals surface area (Å²) >= 11 is 0. The number of likely N-dealkylation sites (N-methyl/N-ethyl adjacent to an activating group) is 1. The molecule has 2 fully saturated rings. The van der Waals surface area contributed by atoms with Gasteiger partial charge in [0.1, 0.15) is 0 Å². The Labute approximate surface area is 117 Å². The van der Waals surface area contributed by atoms with Crippen molar-refractivity contribution in [3.8, 4) is 0 Å². The summed E-state index contributed by atoms with van der Waals surface area (Å²) in [6.45, 7) is 2.22. The summed E-state index contributed by atoms with van der Waals surface area (Å²) in [6, 6.07) is 0.424. The van der Waals surface area contributed by atoms with Gasteiger partial charge in [-0.25, -0.2) is 0 Å². The van der Waals surface area contributed by atoms with Crippen LogP contribution >= 0.6 is 0 Å². The number of hydrogen-bond donors (Lipinski definition) is 1. The van der Waals surface area contributed by atoms with E-state index in [9.17, 15) is 4.79 Å². The maximum absolute atomic E-state index is 12.8. The van der Waals surface area contributed by atoms with Gasteiger partial charge in [-0.05, 0) is 31.6 Å². The minimum atomic E-state index is -0.585. The maximum Gasteiger partial charge on any atom is 0.242 e. The highest BCUT2D eigenvalue weighted by molar-refractivity contribution is 5.86. The van der Waals surface area contributed by atoms with Gasteiger partial charge in [-0.1, -0.05) is 45.4 Å². The van der Waals surface area contributed by atoms with E-state index in [1.807, 2.05) is 11.9 Å². The lowest BCUT2D eigenvalue weighted by atomic mass is 9.76. The van der Waals surface area contributed by atoms with E-state index in [0.717, 1.165) is 32.1 Å². The van der Waals surface area contributed by atoms with Gasteiger partial charge >= 0.3 is 0 Å². The minimum Gasteiger partial charge on any atom is -0.341 e. The van der Waals surface area contributed by atoms with E-state index in [0.29, 0.717) is 12.0 Å². The highest BCUT2D eigenvalue weighted by Gasteiger charge is 2.41. The Bertz CT molecular complexity index is 310. The molecule has 2 saturated carbocycles. The first kappa shape index (κ1) is 14.8. The molecule has 3 heteroatoms. The molecule has 0 spiro atoms. The van der Waals surface area contributed by atoms with Crippen molar-refractivity contribution in [2.45, 2.75) is 82.7 Å². The quantitative estimate of drug-likeness (QED) is 0.781. The topological polar surface area (TPSA) is 46.3 Å². The van der Waals surface area contributed by atoms with Crippen molar-refractivity contribution in [2.75, 3.05) is 7.05 Å². The molecule has 0 radical (unpaired) electrons. The van der Waals surface area contributed by atoms with Crippen LogP contribution in [-0.4, -0.2) is 29.4 Å². The molecule has 2 unspecified atom stereocenters. The molecule has 3 nitrogen and oxygen atoms in total. The van der Waals surface area contributed by atoms with Crippen LogP contribution in [0.3, 0.4) is 0 Å². The van der Waals surface area contributed by atoms with Crippen LogP contribution in [0.15, 0.2) is 0 Å². The summed E-state index contributed by atoms with van der Waals surface area (Å²) in [5.74, 6) is 0.788. The number of nitrogens with two attached hydrogens (primary N) is 1.